The zero-order valence-electron chi connectivity index (χ0n) is 10.3. The van der Waals surface area contributed by atoms with Crippen LogP contribution in [-0.4, -0.2) is 56.0 Å². The third-order valence-corrected chi connectivity index (χ3v) is 6.29. The minimum atomic E-state index is -2.74. The number of nitrogens with zero attached hydrogens (tertiary/aromatic N) is 1. The molecule has 3 heterocycles. The molecule has 3 unspecified atom stereocenters. The maximum Gasteiger partial charge on any atom is 0.151 e. The SMILES string of the molecule is O=S1(=O)CCC(NC2CCN3CCCC3C2)C1. The van der Waals surface area contributed by atoms with E-state index < -0.39 is 9.84 Å². The van der Waals surface area contributed by atoms with Gasteiger partial charge in [-0.3, -0.25) is 0 Å². The van der Waals surface area contributed by atoms with Gasteiger partial charge in [0.15, 0.2) is 9.84 Å². The van der Waals surface area contributed by atoms with E-state index in [4.69, 9.17) is 0 Å². The summed E-state index contributed by atoms with van der Waals surface area (Å²) in [6, 6.07) is 1.53. The number of hydrogen-bond donors (Lipinski definition) is 1. The van der Waals surface area contributed by atoms with Crippen LogP contribution in [0.3, 0.4) is 0 Å². The molecule has 0 bridgehead atoms. The molecule has 0 radical (unpaired) electrons. The molecule has 0 aliphatic carbocycles. The van der Waals surface area contributed by atoms with Crippen LogP contribution in [0.15, 0.2) is 0 Å². The first-order valence-corrected chi connectivity index (χ1v) is 8.65. The average Bonchev–Trinajstić information content (AvgIpc) is 2.84. The summed E-state index contributed by atoms with van der Waals surface area (Å²) in [6.45, 7) is 2.47. The van der Waals surface area contributed by atoms with E-state index in [1.165, 1.54) is 38.8 Å². The van der Waals surface area contributed by atoms with E-state index in [1.54, 1.807) is 0 Å². The summed E-state index contributed by atoms with van der Waals surface area (Å²) in [4.78, 5) is 2.60. The maximum atomic E-state index is 11.4. The van der Waals surface area contributed by atoms with Crippen molar-refractivity contribution in [2.24, 2.45) is 0 Å². The fraction of sp³-hybridized carbons (Fsp3) is 1.00. The van der Waals surface area contributed by atoms with Gasteiger partial charge in [-0.2, -0.15) is 0 Å². The Morgan fingerprint density at radius 2 is 1.94 bits per heavy atom. The number of nitrogens with one attached hydrogen (secondary N) is 1. The molecule has 3 aliphatic heterocycles. The average molecular weight is 258 g/mol. The summed E-state index contributed by atoms with van der Waals surface area (Å²) in [6.07, 6.45) is 5.90. The van der Waals surface area contributed by atoms with Crippen molar-refractivity contribution in [1.82, 2.24) is 10.2 Å². The van der Waals surface area contributed by atoms with Gasteiger partial charge in [-0.15, -0.1) is 0 Å². The van der Waals surface area contributed by atoms with Crippen LogP contribution in [0.1, 0.15) is 32.1 Å². The second-order valence-electron chi connectivity index (χ2n) is 5.82. The zero-order valence-corrected chi connectivity index (χ0v) is 11.1. The first-order chi connectivity index (χ1) is 8.12. The summed E-state index contributed by atoms with van der Waals surface area (Å²) in [5.74, 6) is 0.741. The number of fused-ring (bicyclic) bond motifs is 1. The third kappa shape index (κ3) is 2.66. The quantitative estimate of drug-likeness (QED) is 0.778. The highest BCUT2D eigenvalue weighted by atomic mass is 32.2. The van der Waals surface area contributed by atoms with Crippen LogP contribution in [0.4, 0.5) is 0 Å². The van der Waals surface area contributed by atoms with Crippen LogP contribution in [0.2, 0.25) is 0 Å². The van der Waals surface area contributed by atoms with E-state index >= 15 is 0 Å². The van der Waals surface area contributed by atoms with Gasteiger partial charge >= 0.3 is 0 Å². The van der Waals surface area contributed by atoms with Gasteiger partial charge < -0.3 is 10.2 Å². The van der Waals surface area contributed by atoms with Gasteiger partial charge in [-0.1, -0.05) is 0 Å². The molecule has 3 saturated heterocycles. The fourth-order valence-electron chi connectivity index (χ4n) is 3.64. The number of sulfone groups is 1. The van der Waals surface area contributed by atoms with E-state index in [-0.39, 0.29) is 6.04 Å². The Morgan fingerprint density at radius 1 is 1.06 bits per heavy atom. The fourth-order valence-corrected chi connectivity index (χ4v) is 5.32. The Labute approximate surface area is 104 Å². The normalized spacial score (nSPS) is 41.5. The molecule has 1 N–H and O–H groups in total. The number of rotatable bonds is 2. The van der Waals surface area contributed by atoms with Crippen molar-refractivity contribution in [3.8, 4) is 0 Å². The van der Waals surface area contributed by atoms with Crippen LogP contribution >= 0.6 is 0 Å². The predicted molar refractivity (Wildman–Crippen MR) is 67.8 cm³/mol. The summed E-state index contributed by atoms with van der Waals surface area (Å²) >= 11 is 0. The molecule has 0 saturated carbocycles. The topological polar surface area (TPSA) is 49.4 Å². The smallest absolute Gasteiger partial charge is 0.151 e. The Kier molecular flexibility index (Phi) is 3.17. The lowest BCUT2D eigenvalue weighted by atomic mass is 9.97. The van der Waals surface area contributed by atoms with Crippen LogP contribution in [0, 0.1) is 0 Å². The molecule has 0 aromatic rings. The minimum Gasteiger partial charge on any atom is -0.310 e. The molecule has 17 heavy (non-hydrogen) atoms. The predicted octanol–water partition coefficient (Wildman–Crippen LogP) is 0.390. The van der Waals surface area contributed by atoms with Crippen molar-refractivity contribution in [3.05, 3.63) is 0 Å². The molecule has 3 aliphatic rings. The highest BCUT2D eigenvalue weighted by molar-refractivity contribution is 7.91. The molecule has 3 atom stereocenters. The second-order valence-corrected chi connectivity index (χ2v) is 8.05. The van der Waals surface area contributed by atoms with Crippen LogP contribution in [0.25, 0.3) is 0 Å². The van der Waals surface area contributed by atoms with Gasteiger partial charge in [0.2, 0.25) is 0 Å². The van der Waals surface area contributed by atoms with Crippen molar-refractivity contribution in [3.63, 3.8) is 0 Å². The van der Waals surface area contributed by atoms with Crippen LogP contribution < -0.4 is 5.32 Å². The molecule has 98 valence electrons. The van der Waals surface area contributed by atoms with Gasteiger partial charge in [0.25, 0.3) is 0 Å². The maximum absolute atomic E-state index is 11.4. The van der Waals surface area contributed by atoms with Gasteiger partial charge in [0, 0.05) is 18.1 Å². The Bertz CT molecular complexity index is 382. The Balaban J connectivity index is 1.53. The van der Waals surface area contributed by atoms with E-state index in [1.807, 2.05) is 0 Å². The van der Waals surface area contributed by atoms with Gasteiger partial charge in [0.1, 0.15) is 0 Å². The molecule has 3 rings (SSSR count). The molecule has 0 aromatic carbocycles. The lowest BCUT2D eigenvalue weighted by molar-refractivity contribution is 0.162. The lowest BCUT2D eigenvalue weighted by Crippen LogP contribution is -2.48. The highest BCUT2D eigenvalue weighted by Crippen LogP contribution is 2.27. The molecule has 0 aromatic heterocycles. The minimum absolute atomic E-state index is 0.220. The molecule has 0 amide bonds. The van der Waals surface area contributed by atoms with Gasteiger partial charge in [0.05, 0.1) is 11.5 Å². The molecular weight excluding hydrogens is 236 g/mol. The largest absolute Gasteiger partial charge is 0.310 e. The van der Waals surface area contributed by atoms with Crippen LogP contribution in [-0.2, 0) is 9.84 Å². The molecule has 4 nitrogen and oxygen atoms in total. The van der Waals surface area contributed by atoms with Crippen molar-refractivity contribution in [2.75, 3.05) is 24.6 Å². The van der Waals surface area contributed by atoms with Crippen molar-refractivity contribution < 1.29 is 8.42 Å². The molecule has 0 spiro atoms. The lowest BCUT2D eigenvalue weighted by Gasteiger charge is -2.36. The van der Waals surface area contributed by atoms with Crippen LogP contribution in [0.5, 0.6) is 0 Å². The van der Waals surface area contributed by atoms with E-state index in [2.05, 4.69) is 10.2 Å². The summed E-state index contributed by atoms with van der Waals surface area (Å²) in [5, 5.41) is 3.58. The van der Waals surface area contributed by atoms with Crippen molar-refractivity contribution >= 4 is 9.84 Å². The summed E-state index contributed by atoms with van der Waals surface area (Å²) in [7, 11) is -2.74. The highest BCUT2D eigenvalue weighted by Gasteiger charge is 2.34. The second kappa shape index (κ2) is 4.52. The summed E-state index contributed by atoms with van der Waals surface area (Å²) in [5.41, 5.74) is 0. The van der Waals surface area contributed by atoms with Gasteiger partial charge in [-0.05, 0) is 45.2 Å². The van der Waals surface area contributed by atoms with E-state index in [9.17, 15) is 8.42 Å². The number of hydrogen-bond acceptors (Lipinski definition) is 4. The summed E-state index contributed by atoms with van der Waals surface area (Å²) < 4.78 is 22.8. The number of piperidine rings is 1. The first-order valence-electron chi connectivity index (χ1n) is 6.83. The van der Waals surface area contributed by atoms with E-state index in [0.717, 1.165) is 12.5 Å². The Hall–Kier alpha value is -0.130. The third-order valence-electron chi connectivity index (χ3n) is 4.52. The molecule has 5 heteroatoms. The van der Waals surface area contributed by atoms with Crippen molar-refractivity contribution in [2.45, 2.75) is 50.2 Å². The Morgan fingerprint density at radius 3 is 2.71 bits per heavy atom. The molecular formula is C12H22N2O2S. The molecule has 3 fully saturated rings. The zero-order chi connectivity index (χ0) is 11.9. The van der Waals surface area contributed by atoms with Crippen molar-refractivity contribution in [1.29, 1.82) is 0 Å². The standard InChI is InChI=1S/C12H22N2O2S/c15-17(16)7-4-11(9-17)13-10-3-6-14-5-1-2-12(14)8-10/h10-13H,1-9H2. The van der Waals surface area contributed by atoms with E-state index in [0.29, 0.717) is 17.5 Å². The monoisotopic (exact) mass is 258 g/mol. The first kappa shape index (κ1) is 11.9. The van der Waals surface area contributed by atoms with Gasteiger partial charge in [-0.25, -0.2) is 8.42 Å².